The van der Waals surface area contributed by atoms with E-state index in [4.69, 9.17) is 0 Å². The molecule has 0 aliphatic carbocycles. The first-order valence-corrected chi connectivity index (χ1v) is 6.47. The molecule has 2 rings (SSSR count). The topological polar surface area (TPSA) is 3.24 Å². The van der Waals surface area contributed by atoms with Crippen molar-refractivity contribution in [3.8, 4) is 11.1 Å². The Morgan fingerprint density at radius 3 is 1.94 bits per heavy atom. The zero-order chi connectivity index (χ0) is 13.1. The van der Waals surface area contributed by atoms with Crippen molar-refractivity contribution in [1.29, 1.82) is 0 Å². The van der Waals surface area contributed by atoms with Gasteiger partial charge in [0.1, 0.15) is 0 Å². The smallest absolute Gasteiger partial charge is 0.0440 e. The molecule has 94 valence electrons. The third-order valence-electron chi connectivity index (χ3n) is 3.26. The van der Waals surface area contributed by atoms with Gasteiger partial charge in [-0.05, 0) is 23.1 Å². The summed E-state index contributed by atoms with van der Waals surface area (Å²) >= 11 is 0. The summed E-state index contributed by atoms with van der Waals surface area (Å²) in [6, 6.07) is 17.3. The molecule has 0 heterocycles. The fourth-order valence-electron chi connectivity index (χ4n) is 2.34. The lowest BCUT2D eigenvalue weighted by Crippen LogP contribution is -2.10. The Hall–Kier alpha value is -1.76. The van der Waals surface area contributed by atoms with Crippen molar-refractivity contribution in [2.75, 3.05) is 19.0 Å². The van der Waals surface area contributed by atoms with E-state index in [1.54, 1.807) is 0 Å². The van der Waals surface area contributed by atoms with Gasteiger partial charge in [-0.15, -0.1) is 0 Å². The second-order valence-corrected chi connectivity index (χ2v) is 5.15. The number of benzene rings is 2. The largest absolute Gasteiger partial charge is 0.377 e. The molecule has 2 aromatic carbocycles. The average Bonchev–Trinajstić information content (AvgIpc) is 2.38. The monoisotopic (exact) mass is 239 g/mol. The molecule has 0 fully saturated rings. The van der Waals surface area contributed by atoms with Crippen LogP contribution in [0.5, 0.6) is 0 Å². The van der Waals surface area contributed by atoms with Crippen molar-refractivity contribution in [3.63, 3.8) is 0 Å². The first kappa shape index (κ1) is 12.7. The van der Waals surface area contributed by atoms with E-state index in [-0.39, 0.29) is 0 Å². The number of anilines is 1. The summed E-state index contributed by atoms with van der Waals surface area (Å²) < 4.78 is 0. The number of rotatable bonds is 3. The molecular weight excluding hydrogens is 218 g/mol. The normalized spacial score (nSPS) is 10.7. The van der Waals surface area contributed by atoms with Gasteiger partial charge in [0.25, 0.3) is 0 Å². The highest BCUT2D eigenvalue weighted by Gasteiger charge is 2.11. The highest BCUT2D eigenvalue weighted by molar-refractivity contribution is 5.80. The zero-order valence-corrected chi connectivity index (χ0v) is 11.6. The van der Waals surface area contributed by atoms with Gasteiger partial charge >= 0.3 is 0 Å². The van der Waals surface area contributed by atoms with Crippen molar-refractivity contribution in [1.82, 2.24) is 0 Å². The summed E-state index contributed by atoms with van der Waals surface area (Å²) in [6.07, 6.45) is 0. The molecule has 18 heavy (non-hydrogen) atoms. The molecule has 0 atom stereocenters. The minimum absolute atomic E-state index is 0.538. The number of hydrogen-bond donors (Lipinski definition) is 0. The molecule has 1 nitrogen and oxygen atoms in total. The van der Waals surface area contributed by atoms with E-state index in [9.17, 15) is 0 Å². The van der Waals surface area contributed by atoms with Crippen molar-refractivity contribution < 1.29 is 0 Å². The molecule has 1 heteroatoms. The zero-order valence-electron chi connectivity index (χ0n) is 11.6. The number of nitrogens with zero attached hydrogens (tertiary/aromatic N) is 1. The van der Waals surface area contributed by atoms with Gasteiger partial charge in [0.05, 0.1) is 0 Å². The third-order valence-corrected chi connectivity index (χ3v) is 3.26. The van der Waals surface area contributed by atoms with Crippen molar-refractivity contribution >= 4 is 5.69 Å². The lowest BCUT2D eigenvalue weighted by atomic mass is 9.91. The van der Waals surface area contributed by atoms with E-state index < -0.39 is 0 Å². The quantitative estimate of drug-likeness (QED) is 0.760. The van der Waals surface area contributed by atoms with Crippen LogP contribution in [0.2, 0.25) is 0 Å². The van der Waals surface area contributed by atoms with Gasteiger partial charge in [-0.2, -0.15) is 0 Å². The molecule has 0 unspecified atom stereocenters. The van der Waals surface area contributed by atoms with Gasteiger partial charge in [-0.3, -0.25) is 0 Å². The Kier molecular flexibility index (Phi) is 3.71. The average molecular weight is 239 g/mol. The second-order valence-electron chi connectivity index (χ2n) is 5.15. The maximum Gasteiger partial charge on any atom is 0.0440 e. The summed E-state index contributed by atoms with van der Waals surface area (Å²) in [5.41, 5.74) is 5.33. The molecule has 2 aromatic rings. The summed E-state index contributed by atoms with van der Waals surface area (Å²) in [4.78, 5) is 2.17. The molecule has 0 aliphatic heterocycles. The fraction of sp³-hybridized carbons (Fsp3) is 0.294. The predicted molar refractivity (Wildman–Crippen MR) is 80.3 cm³/mol. The minimum Gasteiger partial charge on any atom is -0.377 e. The predicted octanol–water partition coefficient (Wildman–Crippen LogP) is 4.54. The van der Waals surface area contributed by atoms with Crippen molar-refractivity contribution in [2.24, 2.45) is 0 Å². The van der Waals surface area contributed by atoms with Gasteiger partial charge in [-0.25, -0.2) is 0 Å². The van der Waals surface area contributed by atoms with Crippen LogP contribution in [0, 0.1) is 0 Å². The fourth-order valence-corrected chi connectivity index (χ4v) is 2.34. The first-order chi connectivity index (χ1) is 8.61. The molecule has 0 N–H and O–H groups in total. The lowest BCUT2D eigenvalue weighted by molar-refractivity contribution is 0.869. The van der Waals surface area contributed by atoms with E-state index in [1.807, 2.05) is 0 Å². The summed E-state index contributed by atoms with van der Waals surface area (Å²) in [5, 5.41) is 0. The maximum absolute atomic E-state index is 2.25. The Labute approximate surface area is 110 Å². The molecule has 0 saturated carbocycles. The summed E-state index contributed by atoms with van der Waals surface area (Å²) in [5.74, 6) is 0.538. The Bertz CT molecular complexity index is 477. The highest BCUT2D eigenvalue weighted by atomic mass is 15.1. The van der Waals surface area contributed by atoms with Crippen LogP contribution in [0.15, 0.2) is 48.5 Å². The molecule has 0 radical (unpaired) electrons. The highest BCUT2D eigenvalue weighted by Crippen LogP contribution is 2.34. The van der Waals surface area contributed by atoms with Crippen LogP contribution in [0.25, 0.3) is 11.1 Å². The number of para-hydroxylation sites is 1. The van der Waals surface area contributed by atoms with Crippen LogP contribution in [0.3, 0.4) is 0 Å². The Morgan fingerprint density at radius 1 is 0.778 bits per heavy atom. The van der Waals surface area contributed by atoms with E-state index in [1.165, 1.54) is 22.4 Å². The molecule has 0 aromatic heterocycles. The lowest BCUT2D eigenvalue weighted by Gasteiger charge is -2.20. The molecule has 0 aliphatic rings. The molecule has 0 amide bonds. The molecule has 0 bridgehead atoms. The van der Waals surface area contributed by atoms with Crippen LogP contribution < -0.4 is 4.90 Å². The third kappa shape index (κ3) is 2.40. The molecular formula is C17H21N. The van der Waals surface area contributed by atoms with Crippen molar-refractivity contribution in [2.45, 2.75) is 19.8 Å². The van der Waals surface area contributed by atoms with Gasteiger partial charge in [0.2, 0.25) is 0 Å². The van der Waals surface area contributed by atoms with Gasteiger partial charge < -0.3 is 4.90 Å². The molecule has 0 spiro atoms. The van der Waals surface area contributed by atoms with Crippen LogP contribution in [0.4, 0.5) is 5.69 Å². The van der Waals surface area contributed by atoms with Crippen LogP contribution >= 0.6 is 0 Å². The van der Waals surface area contributed by atoms with Gasteiger partial charge in [-0.1, -0.05) is 56.3 Å². The SMILES string of the molecule is CC(C)c1ccccc1-c1ccccc1N(C)C. The van der Waals surface area contributed by atoms with Crippen molar-refractivity contribution in [3.05, 3.63) is 54.1 Å². The second kappa shape index (κ2) is 5.26. The minimum atomic E-state index is 0.538. The van der Waals surface area contributed by atoms with Crippen LogP contribution in [0.1, 0.15) is 25.3 Å². The maximum atomic E-state index is 2.25. The first-order valence-electron chi connectivity index (χ1n) is 6.47. The Morgan fingerprint density at radius 2 is 1.33 bits per heavy atom. The standard InChI is InChI=1S/C17H21N/c1-13(2)14-9-5-6-10-15(14)16-11-7-8-12-17(16)18(3)4/h5-13H,1-4H3. The van der Waals surface area contributed by atoms with Gasteiger partial charge in [0, 0.05) is 25.3 Å². The number of hydrogen-bond acceptors (Lipinski definition) is 1. The van der Waals surface area contributed by atoms with E-state index >= 15 is 0 Å². The summed E-state index contributed by atoms with van der Waals surface area (Å²) in [7, 11) is 4.19. The van der Waals surface area contributed by atoms with Gasteiger partial charge in [0.15, 0.2) is 0 Å². The summed E-state index contributed by atoms with van der Waals surface area (Å²) in [6.45, 7) is 4.49. The van der Waals surface area contributed by atoms with Crippen LogP contribution in [-0.4, -0.2) is 14.1 Å². The van der Waals surface area contributed by atoms with Crippen LogP contribution in [-0.2, 0) is 0 Å². The van der Waals surface area contributed by atoms with E-state index in [0.717, 1.165) is 0 Å². The Balaban J connectivity index is 2.62. The van der Waals surface area contributed by atoms with E-state index in [2.05, 4.69) is 81.4 Å². The van der Waals surface area contributed by atoms with E-state index in [0.29, 0.717) is 5.92 Å². The molecule has 0 saturated heterocycles.